The second-order valence-electron chi connectivity index (χ2n) is 3.92. The van der Waals surface area contributed by atoms with Crippen LogP contribution in [0.3, 0.4) is 0 Å². The summed E-state index contributed by atoms with van der Waals surface area (Å²) in [6, 6.07) is 7.28. The molecule has 0 saturated heterocycles. The zero-order valence-electron chi connectivity index (χ0n) is 9.94. The fraction of sp³-hybridized carbons (Fsp3) is 0.231. The summed E-state index contributed by atoms with van der Waals surface area (Å²) in [6.07, 6.45) is -5.91. The fourth-order valence-electron chi connectivity index (χ4n) is 1.77. The van der Waals surface area contributed by atoms with Crippen molar-refractivity contribution in [3.63, 3.8) is 0 Å². The highest BCUT2D eigenvalue weighted by Crippen LogP contribution is 2.35. The number of aliphatic hydroxyl groups is 1. The molecule has 0 bridgehead atoms. The van der Waals surface area contributed by atoms with E-state index in [4.69, 9.17) is 0 Å². The average molecular weight is 288 g/mol. The van der Waals surface area contributed by atoms with Crippen LogP contribution in [0.4, 0.5) is 13.2 Å². The minimum Gasteiger partial charge on any atom is -0.405 e. The molecule has 0 fully saturated rings. The molecule has 0 radical (unpaired) electrons. The maximum Gasteiger partial charge on any atom is 0.573 e. The molecule has 1 aromatic heterocycles. The van der Waals surface area contributed by atoms with Crippen LogP contribution in [0.5, 0.6) is 5.75 Å². The molecule has 1 N–H and O–H groups in total. The Morgan fingerprint density at radius 2 is 1.84 bits per heavy atom. The molecule has 0 aliphatic rings. The Morgan fingerprint density at radius 1 is 1.16 bits per heavy atom. The van der Waals surface area contributed by atoms with E-state index in [9.17, 15) is 18.3 Å². The van der Waals surface area contributed by atoms with Gasteiger partial charge >= 0.3 is 6.36 Å². The number of halogens is 3. The van der Waals surface area contributed by atoms with Gasteiger partial charge < -0.3 is 9.84 Å². The molecule has 1 atom stereocenters. The van der Waals surface area contributed by atoms with Crippen molar-refractivity contribution in [2.45, 2.75) is 19.4 Å². The zero-order valence-corrected chi connectivity index (χ0v) is 10.8. The number of hydrogen-bond acceptors (Lipinski definition) is 3. The number of alkyl halides is 3. The molecule has 1 heterocycles. The van der Waals surface area contributed by atoms with Gasteiger partial charge in [-0.1, -0.05) is 18.2 Å². The molecule has 0 aliphatic heterocycles. The van der Waals surface area contributed by atoms with E-state index in [1.807, 2.05) is 0 Å². The summed E-state index contributed by atoms with van der Waals surface area (Å²) in [7, 11) is 0. The van der Waals surface area contributed by atoms with E-state index in [1.165, 1.54) is 29.5 Å². The molecule has 1 unspecified atom stereocenters. The van der Waals surface area contributed by atoms with E-state index < -0.39 is 12.5 Å². The topological polar surface area (TPSA) is 29.5 Å². The molecule has 0 amide bonds. The molecule has 0 saturated carbocycles. The first kappa shape index (κ1) is 13.9. The second-order valence-corrected chi connectivity index (χ2v) is 5.04. The number of ether oxygens (including phenoxy) is 1. The van der Waals surface area contributed by atoms with Crippen molar-refractivity contribution in [2.24, 2.45) is 0 Å². The van der Waals surface area contributed by atoms with Gasteiger partial charge in [-0.2, -0.15) is 0 Å². The summed E-state index contributed by atoms with van der Waals surface area (Å²) < 4.78 is 40.8. The predicted molar refractivity (Wildman–Crippen MR) is 66.2 cm³/mol. The minimum absolute atomic E-state index is 0.0984. The first-order valence-corrected chi connectivity index (χ1v) is 6.33. The summed E-state index contributed by atoms with van der Waals surface area (Å²) in [5, 5.41) is 12.0. The van der Waals surface area contributed by atoms with Crippen molar-refractivity contribution in [3.8, 4) is 5.75 Å². The van der Waals surface area contributed by atoms with Crippen LogP contribution in [0.15, 0.2) is 35.7 Å². The molecule has 0 spiro atoms. The third-order valence-corrected chi connectivity index (χ3v) is 3.49. The van der Waals surface area contributed by atoms with Crippen LogP contribution >= 0.6 is 11.3 Å². The lowest BCUT2D eigenvalue weighted by atomic mass is 10.0. The summed E-state index contributed by atoms with van der Waals surface area (Å²) in [4.78, 5) is 0.856. The Bertz CT molecular complexity index is 563. The van der Waals surface area contributed by atoms with Crippen molar-refractivity contribution < 1.29 is 23.0 Å². The Morgan fingerprint density at radius 3 is 2.42 bits per heavy atom. The molecular weight excluding hydrogens is 277 g/mol. The van der Waals surface area contributed by atoms with Crippen molar-refractivity contribution in [1.29, 1.82) is 0 Å². The van der Waals surface area contributed by atoms with E-state index in [2.05, 4.69) is 4.74 Å². The van der Waals surface area contributed by atoms with Gasteiger partial charge in [-0.3, -0.25) is 0 Å². The van der Waals surface area contributed by atoms with E-state index >= 15 is 0 Å². The first-order chi connectivity index (χ1) is 8.88. The number of aliphatic hydroxyl groups excluding tert-OH is 1. The number of hydrogen-bond donors (Lipinski definition) is 1. The quantitative estimate of drug-likeness (QED) is 0.923. The summed E-state index contributed by atoms with van der Waals surface area (Å²) >= 11 is 1.42. The van der Waals surface area contributed by atoms with Crippen molar-refractivity contribution in [3.05, 3.63) is 51.7 Å². The van der Waals surface area contributed by atoms with Crippen LogP contribution < -0.4 is 4.74 Å². The highest BCUT2D eigenvalue weighted by molar-refractivity contribution is 7.10. The number of para-hydroxylation sites is 1. The Kier molecular flexibility index (Phi) is 3.82. The van der Waals surface area contributed by atoms with Gasteiger partial charge in [0.1, 0.15) is 11.9 Å². The van der Waals surface area contributed by atoms with Crippen LogP contribution in [0.2, 0.25) is 0 Å². The molecule has 2 rings (SSSR count). The first-order valence-electron chi connectivity index (χ1n) is 5.45. The van der Waals surface area contributed by atoms with Gasteiger partial charge in [0.25, 0.3) is 0 Å². The van der Waals surface area contributed by atoms with Gasteiger partial charge in [0.05, 0.1) is 0 Å². The SMILES string of the molecule is Cc1sccc1C(O)c1ccccc1OC(F)(F)F. The van der Waals surface area contributed by atoms with E-state index in [0.29, 0.717) is 5.56 Å². The average Bonchev–Trinajstić information content (AvgIpc) is 2.73. The Hall–Kier alpha value is -1.53. The molecule has 2 aromatic rings. The van der Waals surface area contributed by atoms with E-state index in [-0.39, 0.29) is 11.3 Å². The zero-order chi connectivity index (χ0) is 14.0. The number of aryl methyl sites for hydroxylation is 1. The maximum atomic E-state index is 12.3. The molecule has 1 aromatic carbocycles. The van der Waals surface area contributed by atoms with E-state index in [1.54, 1.807) is 24.4 Å². The third kappa shape index (κ3) is 3.27. The van der Waals surface area contributed by atoms with Gasteiger partial charge in [0.2, 0.25) is 0 Å². The summed E-state index contributed by atoms with van der Waals surface area (Å²) in [6.45, 7) is 1.80. The largest absolute Gasteiger partial charge is 0.573 e. The molecule has 0 aliphatic carbocycles. The van der Waals surface area contributed by atoms with Gasteiger partial charge in [0.15, 0.2) is 0 Å². The number of thiophene rings is 1. The predicted octanol–water partition coefficient (Wildman–Crippen LogP) is 4.04. The van der Waals surface area contributed by atoms with Crippen molar-refractivity contribution in [1.82, 2.24) is 0 Å². The molecular formula is C13H11F3O2S. The van der Waals surface area contributed by atoms with Crippen LogP contribution in [0, 0.1) is 6.92 Å². The summed E-state index contributed by atoms with van der Waals surface area (Å²) in [5.74, 6) is -0.381. The van der Waals surface area contributed by atoms with Crippen molar-refractivity contribution in [2.75, 3.05) is 0 Å². The van der Waals surface area contributed by atoms with Crippen LogP contribution in [0.25, 0.3) is 0 Å². The van der Waals surface area contributed by atoms with Crippen LogP contribution in [-0.4, -0.2) is 11.5 Å². The standard InChI is InChI=1S/C13H11F3O2S/c1-8-9(6-7-19-8)12(17)10-4-2-3-5-11(10)18-13(14,15)16/h2-7,12,17H,1H3. The highest BCUT2D eigenvalue weighted by atomic mass is 32.1. The Balaban J connectivity index is 2.37. The molecule has 6 heteroatoms. The normalized spacial score (nSPS) is 13.3. The second kappa shape index (κ2) is 5.22. The number of rotatable bonds is 3. The Labute approximate surface area is 112 Å². The lowest BCUT2D eigenvalue weighted by Gasteiger charge is -2.17. The highest BCUT2D eigenvalue weighted by Gasteiger charge is 2.33. The van der Waals surface area contributed by atoms with Gasteiger partial charge in [0, 0.05) is 10.4 Å². The van der Waals surface area contributed by atoms with Gasteiger partial charge in [-0.15, -0.1) is 24.5 Å². The monoisotopic (exact) mass is 288 g/mol. The molecule has 2 nitrogen and oxygen atoms in total. The molecule has 19 heavy (non-hydrogen) atoms. The number of benzene rings is 1. The fourth-order valence-corrected chi connectivity index (χ4v) is 2.50. The van der Waals surface area contributed by atoms with Crippen LogP contribution in [0.1, 0.15) is 22.1 Å². The smallest absolute Gasteiger partial charge is 0.405 e. The van der Waals surface area contributed by atoms with Gasteiger partial charge in [-0.05, 0) is 30.0 Å². The maximum absolute atomic E-state index is 12.3. The van der Waals surface area contributed by atoms with E-state index in [0.717, 1.165) is 4.88 Å². The molecule has 102 valence electrons. The van der Waals surface area contributed by atoms with Gasteiger partial charge in [-0.25, -0.2) is 0 Å². The van der Waals surface area contributed by atoms with Crippen LogP contribution in [-0.2, 0) is 0 Å². The summed E-state index contributed by atoms with van der Waals surface area (Å²) in [5.41, 5.74) is 0.685. The lowest BCUT2D eigenvalue weighted by Crippen LogP contribution is -2.18. The third-order valence-electron chi connectivity index (χ3n) is 2.63. The minimum atomic E-state index is -4.78. The lowest BCUT2D eigenvalue weighted by molar-refractivity contribution is -0.275. The van der Waals surface area contributed by atoms with Crippen molar-refractivity contribution >= 4 is 11.3 Å².